The van der Waals surface area contributed by atoms with Crippen molar-refractivity contribution in [2.24, 2.45) is 0 Å². The zero-order valence-electron chi connectivity index (χ0n) is 11.3. The minimum Gasteiger partial charge on any atom is -0.378 e. The van der Waals surface area contributed by atoms with Gasteiger partial charge in [-0.25, -0.2) is 13.2 Å². The van der Waals surface area contributed by atoms with E-state index in [1.807, 2.05) is 20.8 Å². The van der Waals surface area contributed by atoms with Gasteiger partial charge in [0.2, 0.25) is 0 Å². The van der Waals surface area contributed by atoms with E-state index < -0.39 is 29.6 Å². The van der Waals surface area contributed by atoms with E-state index in [4.69, 9.17) is 0 Å². The first-order valence-electron chi connectivity index (χ1n) is 6.29. The molecule has 1 aliphatic heterocycles. The average Bonchev–Trinajstić information content (AvgIpc) is 2.65. The number of aliphatic hydroxyl groups is 1. The standard InChI is InChI=1S/C14H18F3NO/c1-14(2,3)18-7-8(4-12(18)19)10-5-9(15)6-11(16)13(10)17/h5-6,8,12,19H,4,7H2,1-3H3/t8-,12?/m0/s1. The number of hydrogen-bond acceptors (Lipinski definition) is 2. The van der Waals surface area contributed by atoms with Crippen LogP contribution in [0.1, 0.15) is 38.7 Å². The predicted molar refractivity (Wildman–Crippen MR) is 66.1 cm³/mol. The number of benzene rings is 1. The summed E-state index contributed by atoms with van der Waals surface area (Å²) >= 11 is 0. The molecule has 2 atom stereocenters. The Labute approximate surface area is 110 Å². The van der Waals surface area contributed by atoms with Gasteiger partial charge in [-0.05, 0) is 38.8 Å². The molecule has 1 aliphatic rings. The molecule has 1 unspecified atom stereocenters. The maximum Gasteiger partial charge on any atom is 0.162 e. The van der Waals surface area contributed by atoms with Crippen LogP contribution in [0.3, 0.4) is 0 Å². The van der Waals surface area contributed by atoms with Crippen molar-refractivity contribution in [2.75, 3.05) is 6.54 Å². The van der Waals surface area contributed by atoms with Crippen LogP contribution in [-0.2, 0) is 0 Å². The first-order chi connectivity index (χ1) is 8.70. The second-order valence-corrected chi connectivity index (χ2v) is 6.03. The van der Waals surface area contributed by atoms with Crippen molar-refractivity contribution >= 4 is 0 Å². The van der Waals surface area contributed by atoms with Crippen LogP contribution in [0, 0.1) is 17.5 Å². The van der Waals surface area contributed by atoms with E-state index >= 15 is 0 Å². The van der Waals surface area contributed by atoms with Crippen LogP contribution < -0.4 is 0 Å². The number of rotatable bonds is 1. The van der Waals surface area contributed by atoms with Crippen molar-refractivity contribution in [3.05, 3.63) is 35.1 Å². The van der Waals surface area contributed by atoms with Gasteiger partial charge in [-0.15, -0.1) is 0 Å². The van der Waals surface area contributed by atoms with Crippen LogP contribution in [0.15, 0.2) is 12.1 Å². The quantitative estimate of drug-likeness (QED) is 0.795. The molecule has 1 aromatic carbocycles. The first-order valence-corrected chi connectivity index (χ1v) is 6.29. The maximum absolute atomic E-state index is 13.7. The van der Waals surface area contributed by atoms with E-state index in [1.54, 1.807) is 4.90 Å². The molecule has 0 aliphatic carbocycles. The van der Waals surface area contributed by atoms with Crippen LogP contribution >= 0.6 is 0 Å². The van der Waals surface area contributed by atoms with Gasteiger partial charge >= 0.3 is 0 Å². The topological polar surface area (TPSA) is 23.5 Å². The normalized spacial score (nSPS) is 25.0. The molecule has 0 saturated carbocycles. The summed E-state index contributed by atoms with van der Waals surface area (Å²) in [5, 5.41) is 10.0. The zero-order chi connectivity index (χ0) is 14.4. The fraction of sp³-hybridized carbons (Fsp3) is 0.571. The van der Waals surface area contributed by atoms with E-state index in [1.165, 1.54) is 0 Å². The highest BCUT2D eigenvalue weighted by molar-refractivity contribution is 5.26. The second-order valence-electron chi connectivity index (χ2n) is 6.03. The molecule has 106 valence electrons. The van der Waals surface area contributed by atoms with Gasteiger partial charge in [0.1, 0.15) is 12.0 Å². The smallest absolute Gasteiger partial charge is 0.162 e. The molecule has 19 heavy (non-hydrogen) atoms. The highest BCUT2D eigenvalue weighted by Crippen LogP contribution is 2.36. The van der Waals surface area contributed by atoms with Crippen LogP contribution in [-0.4, -0.2) is 28.3 Å². The Morgan fingerprint density at radius 3 is 2.37 bits per heavy atom. The Hall–Kier alpha value is -1.07. The number of hydrogen-bond donors (Lipinski definition) is 1. The molecule has 1 saturated heterocycles. The molecule has 0 aromatic heterocycles. The van der Waals surface area contributed by atoms with Gasteiger partial charge < -0.3 is 5.11 Å². The summed E-state index contributed by atoms with van der Waals surface area (Å²) in [5.41, 5.74) is -0.278. The molecule has 2 rings (SSSR count). The zero-order valence-corrected chi connectivity index (χ0v) is 11.3. The summed E-state index contributed by atoms with van der Waals surface area (Å²) < 4.78 is 40.2. The van der Waals surface area contributed by atoms with E-state index in [0.29, 0.717) is 12.6 Å². The van der Waals surface area contributed by atoms with Crippen molar-refractivity contribution < 1.29 is 18.3 Å². The summed E-state index contributed by atoms with van der Waals surface area (Å²) in [6.07, 6.45) is -0.451. The summed E-state index contributed by atoms with van der Waals surface area (Å²) in [5.74, 6) is -3.40. The Bertz CT molecular complexity index is 484. The number of aliphatic hydroxyl groups excluding tert-OH is 1. The minimum absolute atomic E-state index is 0.00306. The largest absolute Gasteiger partial charge is 0.378 e. The van der Waals surface area contributed by atoms with Gasteiger partial charge in [0.25, 0.3) is 0 Å². The molecular weight excluding hydrogens is 255 g/mol. The number of halogens is 3. The van der Waals surface area contributed by atoms with E-state index in [9.17, 15) is 18.3 Å². The van der Waals surface area contributed by atoms with Crippen LogP contribution in [0.5, 0.6) is 0 Å². The molecule has 1 N–H and O–H groups in total. The highest BCUT2D eigenvalue weighted by Gasteiger charge is 2.39. The third-order valence-electron chi connectivity index (χ3n) is 3.59. The van der Waals surface area contributed by atoms with Crippen LogP contribution in [0.4, 0.5) is 13.2 Å². The summed E-state index contributed by atoms with van der Waals surface area (Å²) in [4.78, 5) is 1.81. The van der Waals surface area contributed by atoms with E-state index in [0.717, 1.165) is 6.07 Å². The van der Waals surface area contributed by atoms with Gasteiger partial charge in [-0.1, -0.05) is 0 Å². The van der Waals surface area contributed by atoms with E-state index in [2.05, 4.69) is 0 Å². The van der Waals surface area contributed by atoms with Gasteiger partial charge in [0.15, 0.2) is 11.6 Å². The lowest BCUT2D eigenvalue weighted by atomic mass is 9.97. The van der Waals surface area contributed by atoms with Crippen molar-refractivity contribution in [3.63, 3.8) is 0 Å². The molecule has 5 heteroatoms. The Morgan fingerprint density at radius 2 is 1.84 bits per heavy atom. The molecular formula is C14H18F3NO. The van der Waals surface area contributed by atoms with Crippen molar-refractivity contribution in [1.82, 2.24) is 4.90 Å². The van der Waals surface area contributed by atoms with Crippen LogP contribution in [0.2, 0.25) is 0 Å². The Balaban J connectivity index is 2.31. The lowest BCUT2D eigenvalue weighted by Crippen LogP contribution is -2.44. The van der Waals surface area contributed by atoms with Gasteiger partial charge in [-0.2, -0.15) is 0 Å². The number of likely N-dealkylation sites (tertiary alicyclic amines) is 1. The molecule has 0 spiro atoms. The van der Waals surface area contributed by atoms with Crippen molar-refractivity contribution in [2.45, 2.75) is 44.9 Å². The monoisotopic (exact) mass is 273 g/mol. The molecule has 0 bridgehead atoms. The molecule has 1 heterocycles. The van der Waals surface area contributed by atoms with Crippen molar-refractivity contribution in [1.29, 1.82) is 0 Å². The Morgan fingerprint density at radius 1 is 1.21 bits per heavy atom. The summed E-state index contributed by atoms with van der Waals surface area (Å²) in [7, 11) is 0. The summed E-state index contributed by atoms with van der Waals surface area (Å²) in [6, 6.07) is 1.55. The van der Waals surface area contributed by atoms with Crippen molar-refractivity contribution in [3.8, 4) is 0 Å². The molecule has 2 nitrogen and oxygen atoms in total. The average molecular weight is 273 g/mol. The first kappa shape index (κ1) is 14.3. The maximum atomic E-state index is 13.7. The van der Waals surface area contributed by atoms with Crippen LogP contribution in [0.25, 0.3) is 0 Å². The highest BCUT2D eigenvalue weighted by atomic mass is 19.2. The lowest BCUT2D eigenvalue weighted by Gasteiger charge is -2.34. The van der Waals surface area contributed by atoms with Gasteiger partial charge in [-0.3, -0.25) is 4.90 Å². The fourth-order valence-corrected chi connectivity index (χ4v) is 2.63. The summed E-state index contributed by atoms with van der Waals surface area (Å²) in [6.45, 7) is 6.17. The lowest BCUT2D eigenvalue weighted by molar-refractivity contribution is -0.0179. The SMILES string of the molecule is CC(C)(C)N1C[C@@H](c2cc(F)cc(F)c2F)CC1O. The minimum atomic E-state index is -1.18. The third-order valence-corrected chi connectivity index (χ3v) is 3.59. The molecule has 0 radical (unpaired) electrons. The molecule has 0 amide bonds. The fourth-order valence-electron chi connectivity index (χ4n) is 2.63. The van der Waals surface area contributed by atoms with Gasteiger partial charge in [0, 0.05) is 24.1 Å². The van der Waals surface area contributed by atoms with Gasteiger partial charge in [0.05, 0.1) is 0 Å². The predicted octanol–water partition coefficient (Wildman–Crippen LogP) is 3.01. The third kappa shape index (κ3) is 2.77. The second kappa shape index (κ2) is 4.80. The number of nitrogens with zero attached hydrogens (tertiary/aromatic N) is 1. The van der Waals surface area contributed by atoms with E-state index in [-0.39, 0.29) is 17.5 Å². The molecule has 1 aromatic rings. The Kier molecular flexibility index (Phi) is 3.62. The molecule has 1 fully saturated rings.